The summed E-state index contributed by atoms with van der Waals surface area (Å²) in [5.74, 6) is 0.791. The minimum Gasteiger partial charge on any atom is -0.313 e. The molecule has 1 N–H and O–H groups in total. The molecule has 1 aliphatic rings. The average molecular weight is 255 g/mol. The van der Waals surface area contributed by atoms with Gasteiger partial charge in [0.1, 0.15) is 0 Å². The summed E-state index contributed by atoms with van der Waals surface area (Å²) < 4.78 is 0. The smallest absolute Gasteiger partial charge is 0.0197 e. The van der Waals surface area contributed by atoms with Crippen molar-refractivity contribution < 1.29 is 0 Å². The fourth-order valence-corrected chi connectivity index (χ4v) is 2.78. The molecule has 2 atom stereocenters. The first-order chi connectivity index (χ1) is 8.49. The van der Waals surface area contributed by atoms with Crippen LogP contribution in [0.4, 0.5) is 0 Å². The highest BCUT2D eigenvalue weighted by Crippen LogP contribution is 2.13. The van der Waals surface area contributed by atoms with E-state index in [4.69, 9.17) is 0 Å². The summed E-state index contributed by atoms with van der Waals surface area (Å²) >= 11 is 0. The number of nitrogens with one attached hydrogen (secondary N) is 1. The van der Waals surface area contributed by atoms with Gasteiger partial charge in [-0.2, -0.15) is 0 Å². The molecule has 3 heteroatoms. The Hall–Kier alpha value is -0.120. The van der Waals surface area contributed by atoms with Crippen molar-refractivity contribution in [3.8, 4) is 0 Å². The van der Waals surface area contributed by atoms with Crippen molar-refractivity contribution in [1.82, 2.24) is 15.1 Å². The quantitative estimate of drug-likeness (QED) is 0.783. The maximum Gasteiger partial charge on any atom is 0.0197 e. The van der Waals surface area contributed by atoms with Gasteiger partial charge in [-0.15, -0.1) is 0 Å². The normalized spacial score (nSPS) is 24.5. The zero-order valence-corrected chi connectivity index (χ0v) is 13.1. The van der Waals surface area contributed by atoms with Crippen LogP contribution in [0.2, 0.25) is 0 Å². The summed E-state index contributed by atoms with van der Waals surface area (Å²) in [5, 5.41) is 3.71. The minimum atomic E-state index is 0.689. The fraction of sp³-hybridized carbons (Fsp3) is 1.00. The Balaban J connectivity index is 2.42. The minimum absolute atomic E-state index is 0.689. The van der Waals surface area contributed by atoms with Crippen LogP contribution in [0.1, 0.15) is 40.0 Å². The third-order valence-corrected chi connectivity index (χ3v) is 3.88. The summed E-state index contributed by atoms with van der Waals surface area (Å²) in [6, 6.07) is 1.40. The average Bonchev–Trinajstić information content (AvgIpc) is 2.50. The van der Waals surface area contributed by atoms with Crippen LogP contribution in [0.5, 0.6) is 0 Å². The molecule has 1 fully saturated rings. The van der Waals surface area contributed by atoms with Gasteiger partial charge >= 0.3 is 0 Å². The van der Waals surface area contributed by atoms with Gasteiger partial charge in [0.25, 0.3) is 0 Å². The predicted octanol–water partition coefficient (Wildman–Crippen LogP) is 2.04. The lowest BCUT2D eigenvalue weighted by Gasteiger charge is -2.31. The zero-order valence-electron chi connectivity index (χ0n) is 13.1. The molecule has 0 aromatic heterocycles. The second-order valence-electron chi connectivity index (χ2n) is 6.57. The first-order valence-electron chi connectivity index (χ1n) is 7.61. The molecule has 0 aliphatic carbocycles. The lowest BCUT2D eigenvalue weighted by molar-refractivity contribution is 0.179. The molecule has 0 bridgehead atoms. The number of rotatable bonds is 6. The van der Waals surface area contributed by atoms with Gasteiger partial charge in [-0.3, -0.25) is 4.90 Å². The zero-order chi connectivity index (χ0) is 13.5. The van der Waals surface area contributed by atoms with Crippen LogP contribution < -0.4 is 5.32 Å². The van der Waals surface area contributed by atoms with Gasteiger partial charge in [0.15, 0.2) is 0 Å². The Bertz CT molecular complexity index is 216. The maximum absolute atomic E-state index is 3.71. The van der Waals surface area contributed by atoms with Crippen molar-refractivity contribution >= 4 is 0 Å². The second-order valence-corrected chi connectivity index (χ2v) is 6.57. The molecule has 1 saturated heterocycles. The van der Waals surface area contributed by atoms with Crippen LogP contribution in [0.25, 0.3) is 0 Å². The van der Waals surface area contributed by atoms with Crippen LogP contribution in [0.3, 0.4) is 0 Å². The van der Waals surface area contributed by atoms with Crippen molar-refractivity contribution in [3.05, 3.63) is 0 Å². The van der Waals surface area contributed by atoms with E-state index in [-0.39, 0.29) is 0 Å². The van der Waals surface area contributed by atoms with Crippen molar-refractivity contribution in [2.24, 2.45) is 5.92 Å². The largest absolute Gasteiger partial charge is 0.313 e. The molecule has 2 unspecified atom stereocenters. The second kappa shape index (κ2) is 8.13. The maximum atomic E-state index is 3.71. The van der Waals surface area contributed by atoms with E-state index in [1.165, 1.54) is 45.4 Å². The standard InChI is InChI=1S/C15H33N3/c1-13(2)11-15-12-18(9-6-8-16-15)14(3)7-10-17(4)5/h13-16H,6-12H2,1-5H3. The highest BCUT2D eigenvalue weighted by atomic mass is 15.2. The molecule has 3 nitrogen and oxygen atoms in total. The molecule has 1 heterocycles. The molecule has 1 rings (SSSR count). The van der Waals surface area contributed by atoms with Crippen molar-refractivity contribution in [2.45, 2.75) is 52.1 Å². The SMILES string of the molecule is CC(C)CC1CN(C(C)CCN(C)C)CCCN1. The summed E-state index contributed by atoms with van der Waals surface area (Å²) in [6.07, 6.45) is 3.87. The first-order valence-corrected chi connectivity index (χ1v) is 7.61. The van der Waals surface area contributed by atoms with Crippen LogP contribution in [0.15, 0.2) is 0 Å². The topological polar surface area (TPSA) is 18.5 Å². The van der Waals surface area contributed by atoms with Crippen LogP contribution in [-0.4, -0.2) is 62.2 Å². The highest BCUT2D eigenvalue weighted by Gasteiger charge is 2.21. The van der Waals surface area contributed by atoms with Crippen LogP contribution in [0, 0.1) is 5.92 Å². The van der Waals surface area contributed by atoms with E-state index in [9.17, 15) is 0 Å². The monoisotopic (exact) mass is 255 g/mol. The summed E-state index contributed by atoms with van der Waals surface area (Å²) in [5.41, 5.74) is 0. The molecule has 1 aliphatic heterocycles. The molecule has 0 radical (unpaired) electrons. The van der Waals surface area contributed by atoms with Gasteiger partial charge in [-0.1, -0.05) is 13.8 Å². The van der Waals surface area contributed by atoms with E-state index >= 15 is 0 Å². The lowest BCUT2D eigenvalue weighted by Crippen LogP contribution is -2.43. The molecule has 0 aromatic carbocycles. The third kappa shape index (κ3) is 6.17. The van der Waals surface area contributed by atoms with Gasteiger partial charge < -0.3 is 10.2 Å². The van der Waals surface area contributed by atoms with Crippen molar-refractivity contribution in [2.75, 3.05) is 40.3 Å². The Morgan fingerprint density at radius 1 is 1.28 bits per heavy atom. The summed E-state index contributed by atoms with van der Waals surface area (Å²) in [4.78, 5) is 4.98. The van der Waals surface area contributed by atoms with Gasteiger partial charge in [0.05, 0.1) is 0 Å². The molecular formula is C15H33N3. The lowest BCUT2D eigenvalue weighted by atomic mass is 10.0. The van der Waals surface area contributed by atoms with E-state index in [0.29, 0.717) is 12.1 Å². The van der Waals surface area contributed by atoms with E-state index < -0.39 is 0 Å². The predicted molar refractivity (Wildman–Crippen MR) is 80.1 cm³/mol. The molecular weight excluding hydrogens is 222 g/mol. The van der Waals surface area contributed by atoms with Crippen molar-refractivity contribution in [3.63, 3.8) is 0 Å². The Labute approximate surface area is 114 Å². The van der Waals surface area contributed by atoms with E-state index in [1.54, 1.807) is 0 Å². The van der Waals surface area contributed by atoms with Crippen LogP contribution >= 0.6 is 0 Å². The summed E-state index contributed by atoms with van der Waals surface area (Å²) in [6.45, 7) is 11.9. The summed E-state index contributed by atoms with van der Waals surface area (Å²) in [7, 11) is 4.33. The van der Waals surface area contributed by atoms with Crippen LogP contribution in [-0.2, 0) is 0 Å². The molecule has 108 valence electrons. The number of hydrogen-bond donors (Lipinski definition) is 1. The fourth-order valence-electron chi connectivity index (χ4n) is 2.78. The molecule has 18 heavy (non-hydrogen) atoms. The molecule has 0 aromatic rings. The first kappa shape index (κ1) is 15.9. The third-order valence-electron chi connectivity index (χ3n) is 3.88. The number of hydrogen-bond acceptors (Lipinski definition) is 3. The molecule has 0 amide bonds. The Kier molecular flexibility index (Phi) is 7.20. The number of nitrogens with zero attached hydrogens (tertiary/aromatic N) is 2. The van der Waals surface area contributed by atoms with E-state index in [2.05, 4.69) is 50.0 Å². The van der Waals surface area contributed by atoms with E-state index in [1.807, 2.05) is 0 Å². The van der Waals surface area contributed by atoms with Gasteiger partial charge in [0, 0.05) is 18.6 Å². The van der Waals surface area contributed by atoms with E-state index in [0.717, 1.165) is 5.92 Å². The van der Waals surface area contributed by atoms with Gasteiger partial charge in [-0.05, 0) is 65.8 Å². The molecule has 0 saturated carbocycles. The highest BCUT2D eigenvalue weighted by molar-refractivity contribution is 4.80. The van der Waals surface area contributed by atoms with Gasteiger partial charge in [0.2, 0.25) is 0 Å². The Morgan fingerprint density at radius 2 is 2.00 bits per heavy atom. The Morgan fingerprint density at radius 3 is 2.61 bits per heavy atom. The van der Waals surface area contributed by atoms with Crippen molar-refractivity contribution in [1.29, 1.82) is 0 Å². The van der Waals surface area contributed by atoms with Gasteiger partial charge in [-0.25, -0.2) is 0 Å². The molecule has 0 spiro atoms.